The predicted molar refractivity (Wildman–Crippen MR) is 126 cm³/mol. The molecule has 0 aliphatic rings. The number of likely N-dealkylation sites (N-methyl/N-ethyl adjacent to an activating group) is 1. The molecule has 0 saturated heterocycles. The van der Waals surface area contributed by atoms with Crippen LogP contribution in [0.1, 0.15) is 20.3 Å². The second kappa shape index (κ2) is 11.1. The van der Waals surface area contributed by atoms with Crippen LogP contribution in [0.25, 0.3) is 10.9 Å². The molecule has 0 aliphatic carbocycles. The van der Waals surface area contributed by atoms with Crippen molar-refractivity contribution in [2.24, 2.45) is 0 Å². The topological polar surface area (TPSA) is 78.4 Å². The first kappa shape index (κ1) is 22.2. The van der Waals surface area contributed by atoms with E-state index in [1.165, 1.54) is 0 Å². The van der Waals surface area contributed by atoms with Crippen molar-refractivity contribution in [1.29, 1.82) is 0 Å². The molecule has 1 heterocycles. The molecule has 0 aliphatic heterocycles. The Morgan fingerprint density at radius 2 is 1.71 bits per heavy atom. The zero-order valence-electron chi connectivity index (χ0n) is 18.2. The Morgan fingerprint density at radius 3 is 2.45 bits per heavy atom. The molecule has 3 aromatic rings. The van der Waals surface area contributed by atoms with Crippen molar-refractivity contribution in [3.8, 4) is 0 Å². The van der Waals surface area contributed by atoms with Gasteiger partial charge in [0.1, 0.15) is 6.54 Å². The van der Waals surface area contributed by atoms with E-state index in [1.807, 2.05) is 84.1 Å². The maximum absolute atomic E-state index is 12.4. The van der Waals surface area contributed by atoms with E-state index in [0.717, 1.165) is 35.2 Å². The maximum atomic E-state index is 12.4. The Morgan fingerprint density at radius 1 is 0.935 bits per heavy atom. The molecule has 164 valence electrons. The highest BCUT2D eigenvalue weighted by atomic mass is 16.2. The van der Waals surface area contributed by atoms with Crippen molar-refractivity contribution in [2.75, 3.05) is 36.8 Å². The first-order chi connectivity index (χ1) is 15.1. The summed E-state index contributed by atoms with van der Waals surface area (Å²) in [6.45, 7) is 7.07. The highest BCUT2D eigenvalue weighted by molar-refractivity contribution is 5.93. The summed E-state index contributed by atoms with van der Waals surface area (Å²) in [5.74, 6) is 0.103. The van der Waals surface area contributed by atoms with Crippen molar-refractivity contribution in [1.82, 2.24) is 14.8 Å². The molecule has 0 radical (unpaired) electrons. The third-order valence-corrected chi connectivity index (χ3v) is 5.19. The van der Waals surface area contributed by atoms with Gasteiger partial charge in [-0.25, -0.2) is 4.79 Å². The number of amides is 3. The number of benzene rings is 2. The molecule has 0 unspecified atom stereocenters. The molecule has 7 heteroatoms. The molecule has 0 spiro atoms. The van der Waals surface area contributed by atoms with Crippen LogP contribution in [0.3, 0.4) is 0 Å². The number of nitrogens with zero attached hydrogens (tertiary/aromatic N) is 2. The Bertz CT molecular complexity index is 996. The van der Waals surface area contributed by atoms with Crippen LogP contribution in [0.15, 0.2) is 60.8 Å². The van der Waals surface area contributed by atoms with E-state index in [-0.39, 0.29) is 11.9 Å². The summed E-state index contributed by atoms with van der Waals surface area (Å²) in [4.78, 5) is 26.4. The number of carbonyl (C=O) groups is 2. The van der Waals surface area contributed by atoms with Crippen molar-refractivity contribution < 1.29 is 9.59 Å². The van der Waals surface area contributed by atoms with Gasteiger partial charge in [0, 0.05) is 54.7 Å². The molecule has 31 heavy (non-hydrogen) atoms. The normalized spacial score (nSPS) is 10.6. The molecular formula is C24H31N5O2. The number of para-hydroxylation sites is 1. The van der Waals surface area contributed by atoms with Gasteiger partial charge in [-0.3, -0.25) is 4.79 Å². The Labute approximate surface area is 183 Å². The smallest absolute Gasteiger partial charge is 0.319 e. The molecule has 0 bridgehead atoms. The van der Waals surface area contributed by atoms with E-state index in [4.69, 9.17) is 0 Å². The number of hydrogen-bond donors (Lipinski definition) is 3. The molecule has 3 rings (SSSR count). The molecule has 3 amide bonds. The van der Waals surface area contributed by atoms with E-state index in [1.54, 1.807) is 0 Å². The lowest BCUT2D eigenvalue weighted by molar-refractivity contribution is -0.131. The third kappa shape index (κ3) is 6.25. The fourth-order valence-corrected chi connectivity index (χ4v) is 3.49. The Kier molecular flexibility index (Phi) is 7.92. The molecule has 7 nitrogen and oxygen atoms in total. The number of urea groups is 1. The first-order valence-corrected chi connectivity index (χ1v) is 10.8. The van der Waals surface area contributed by atoms with Gasteiger partial charge in [0.15, 0.2) is 0 Å². The van der Waals surface area contributed by atoms with Gasteiger partial charge in [-0.2, -0.15) is 0 Å². The standard InChI is InChI=1S/C24H31N5O2/c1-3-28(4-2)23(30)18-29-16-13-19-17-21(11-12-22(19)29)27-24(31)26-15-8-14-25-20-9-6-5-7-10-20/h5-7,9-13,16-17,25H,3-4,8,14-15,18H2,1-2H3,(H2,26,27,31). The SMILES string of the molecule is CCN(CC)C(=O)Cn1ccc2cc(NC(=O)NCCCNc3ccccc3)ccc21. The number of rotatable bonds is 10. The largest absolute Gasteiger partial charge is 0.385 e. The number of anilines is 2. The summed E-state index contributed by atoms with van der Waals surface area (Å²) in [5.41, 5.74) is 2.77. The lowest BCUT2D eigenvalue weighted by Gasteiger charge is -2.19. The van der Waals surface area contributed by atoms with Crippen LogP contribution in [-0.4, -0.2) is 47.6 Å². The van der Waals surface area contributed by atoms with Crippen LogP contribution in [-0.2, 0) is 11.3 Å². The van der Waals surface area contributed by atoms with Gasteiger partial charge in [-0.05, 0) is 56.7 Å². The Balaban J connectivity index is 1.47. The van der Waals surface area contributed by atoms with Crippen molar-refractivity contribution >= 4 is 34.2 Å². The number of carbonyl (C=O) groups excluding carboxylic acids is 2. The molecule has 0 atom stereocenters. The minimum Gasteiger partial charge on any atom is -0.385 e. The van der Waals surface area contributed by atoms with Crippen molar-refractivity contribution in [2.45, 2.75) is 26.8 Å². The van der Waals surface area contributed by atoms with Crippen molar-refractivity contribution in [3.63, 3.8) is 0 Å². The fraction of sp³-hybridized carbons (Fsp3) is 0.333. The highest BCUT2D eigenvalue weighted by Crippen LogP contribution is 2.21. The van der Waals surface area contributed by atoms with Crippen LogP contribution in [0.5, 0.6) is 0 Å². The molecule has 3 N–H and O–H groups in total. The number of aromatic nitrogens is 1. The number of nitrogens with one attached hydrogen (secondary N) is 3. The lowest BCUT2D eigenvalue weighted by atomic mass is 10.2. The van der Waals surface area contributed by atoms with Crippen LogP contribution in [0.2, 0.25) is 0 Å². The summed E-state index contributed by atoms with van der Waals surface area (Å²) < 4.78 is 1.94. The Hall–Kier alpha value is -3.48. The second-order valence-electron chi connectivity index (χ2n) is 7.31. The van der Waals surface area contributed by atoms with Gasteiger partial charge in [0.25, 0.3) is 0 Å². The van der Waals surface area contributed by atoms with Gasteiger partial charge in [-0.1, -0.05) is 18.2 Å². The monoisotopic (exact) mass is 421 g/mol. The van der Waals surface area contributed by atoms with Crippen LogP contribution >= 0.6 is 0 Å². The first-order valence-electron chi connectivity index (χ1n) is 10.8. The molecule has 0 saturated carbocycles. The van der Waals surface area contributed by atoms with Crippen LogP contribution < -0.4 is 16.0 Å². The summed E-state index contributed by atoms with van der Waals surface area (Å²) >= 11 is 0. The zero-order valence-corrected chi connectivity index (χ0v) is 18.2. The van der Waals surface area contributed by atoms with E-state index >= 15 is 0 Å². The van der Waals surface area contributed by atoms with Crippen molar-refractivity contribution in [3.05, 3.63) is 60.8 Å². The summed E-state index contributed by atoms with van der Waals surface area (Å²) in [6.07, 6.45) is 2.74. The number of hydrogen-bond acceptors (Lipinski definition) is 3. The van der Waals surface area contributed by atoms with Gasteiger partial charge in [-0.15, -0.1) is 0 Å². The average molecular weight is 422 g/mol. The minimum absolute atomic E-state index is 0.103. The molecule has 0 fully saturated rings. The van der Waals surface area contributed by atoms with E-state index in [2.05, 4.69) is 16.0 Å². The summed E-state index contributed by atoms with van der Waals surface area (Å²) in [6, 6.07) is 17.4. The minimum atomic E-state index is -0.227. The quantitative estimate of drug-likeness (QED) is 0.431. The summed E-state index contributed by atoms with van der Waals surface area (Å²) in [7, 11) is 0. The molecule has 1 aromatic heterocycles. The third-order valence-electron chi connectivity index (χ3n) is 5.19. The average Bonchev–Trinajstić information content (AvgIpc) is 3.17. The van der Waals surface area contributed by atoms with Crippen LogP contribution in [0.4, 0.5) is 16.2 Å². The zero-order chi connectivity index (χ0) is 22.1. The van der Waals surface area contributed by atoms with Gasteiger partial charge in [0.05, 0.1) is 0 Å². The van der Waals surface area contributed by atoms with E-state index in [9.17, 15) is 9.59 Å². The highest BCUT2D eigenvalue weighted by Gasteiger charge is 2.12. The fourth-order valence-electron chi connectivity index (χ4n) is 3.49. The second-order valence-corrected chi connectivity index (χ2v) is 7.31. The maximum Gasteiger partial charge on any atom is 0.319 e. The van der Waals surface area contributed by atoms with Gasteiger partial charge >= 0.3 is 6.03 Å². The molecular weight excluding hydrogens is 390 g/mol. The van der Waals surface area contributed by atoms with E-state index in [0.29, 0.717) is 26.2 Å². The summed E-state index contributed by atoms with van der Waals surface area (Å²) in [5, 5.41) is 10.1. The van der Waals surface area contributed by atoms with Crippen LogP contribution in [0, 0.1) is 0 Å². The van der Waals surface area contributed by atoms with Gasteiger partial charge in [0.2, 0.25) is 5.91 Å². The van der Waals surface area contributed by atoms with Gasteiger partial charge < -0.3 is 25.4 Å². The van der Waals surface area contributed by atoms with E-state index < -0.39 is 0 Å². The predicted octanol–water partition coefficient (Wildman–Crippen LogP) is 4.13. The number of fused-ring (bicyclic) bond motifs is 1. The molecule has 2 aromatic carbocycles. The lowest BCUT2D eigenvalue weighted by Crippen LogP contribution is -2.33.